The Bertz CT molecular complexity index is 604. The van der Waals surface area contributed by atoms with Gasteiger partial charge in [0.2, 0.25) is 10.0 Å². The quantitative estimate of drug-likeness (QED) is 0.831. The molecular formula is C13H19BrN2O3S. The van der Waals surface area contributed by atoms with E-state index in [-0.39, 0.29) is 10.8 Å². The molecular weight excluding hydrogens is 344 g/mol. The van der Waals surface area contributed by atoms with Gasteiger partial charge in [0.25, 0.3) is 0 Å². The lowest BCUT2D eigenvalue weighted by Crippen LogP contribution is -2.30. The van der Waals surface area contributed by atoms with E-state index < -0.39 is 10.0 Å². The Balaban J connectivity index is 2.30. The monoisotopic (exact) mass is 362 g/mol. The predicted molar refractivity (Wildman–Crippen MR) is 82.0 cm³/mol. The molecule has 112 valence electrons. The highest BCUT2D eigenvalue weighted by Crippen LogP contribution is 2.31. The molecule has 0 radical (unpaired) electrons. The number of rotatable bonds is 4. The second-order valence-electron chi connectivity index (χ2n) is 5.11. The third-order valence-corrected chi connectivity index (χ3v) is 6.26. The van der Waals surface area contributed by atoms with Crippen LogP contribution in [0.5, 0.6) is 0 Å². The molecule has 0 spiro atoms. The lowest BCUT2D eigenvalue weighted by Gasteiger charge is -2.18. The molecule has 1 aromatic rings. The first kappa shape index (κ1) is 15.8. The Morgan fingerprint density at radius 1 is 1.50 bits per heavy atom. The van der Waals surface area contributed by atoms with Crippen LogP contribution in [0.15, 0.2) is 21.5 Å². The van der Waals surface area contributed by atoms with Gasteiger partial charge in [0.1, 0.15) is 0 Å². The molecule has 0 aliphatic carbocycles. The summed E-state index contributed by atoms with van der Waals surface area (Å²) < 4.78 is 32.7. The van der Waals surface area contributed by atoms with Crippen LogP contribution in [0.2, 0.25) is 0 Å². The van der Waals surface area contributed by atoms with Crippen LogP contribution in [0.25, 0.3) is 0 Å². The van der Waals surface area contributed by atoms with E-state index in [9.17, 15) is 8.42 Å². The molecule has 2 N–H and O–H groups in total. The molecule has 1 aliphatic rings. The Kier molecular flexibility index (Phi) is 4.73. The molecule has 1 unspecified atom stereocenters. The van der Waals surface area contributed by atoms with Crippen molar-refractivity contribution in [1.29, 1.82) is 0 Å². The van der Waals surface area contributed by atoms with Crippen LogP contribution in [0.3, 0.4) is 0 Å². The lowest BCUT2D eigenvalue weighted by molar-refractivity contribution is 0.157. The summed E-state index contributed by atoms with van der Waals surface area (Å²) in [6.07, 6.45) is 0.831. The van der Waals surface area contributed by atoms with Crippen LogP contribution in [-0.2, 0) is 14.8 Å². The number of ether oxygens (including phenoxy) is 1. The largest absolute Gasteiger partial charge is 0.398 e. The second-order valence-corrected chi connectivity index (χ2v) is 7.87. The minimum Gasteiger partial charge on any atom is -0.398 e. The molecule has 5 nitrogen and oxygen atoms in total. The van der Waals surface area contributed by atoms with Crippen LogP contribution in [0.4, 0.5) is 5.69 Å². The van der Waals surface area contributed by atoms with Gasteiger partial charge in [-0.2, -0.15) is 4.31 Å². The van der Waals surface area contributed by atoms with Crippen LogP contribution in [0, 0.1) is 12.8 Å². The summed E-state index contributed by atoms with van der Waals surface area (Å²) in [7, 11) is -1.85. The van der Waals surface area contributed by atoms with Gasteiger partial charge in [-0.05, 0) is 52.9 Å². The second kappa shape index (κ2) is 6.01. The van der Waals surface area contributed by atoms with Gasteiger partial charge in [0, 0.05) is 30.4 Å². The minimum atomic E-state index is -3.48. The molecule has 20 heavy (non-hydrogen) atoms. The number of halogens is 1. The first-order chi connectivity index (χ1) is 9.36. The molecule has 1 aliphatic heterocycles. The molecule has 0 saturated carbocycles. The molecule has 0 bridgehead atoms. The van der Waals surface area contributed by atoms with E-state index in [4.69, 9.17) is 10.5 Å². The smallest absolute Gasteiger partial charge is 0.243 e. The summed E-state index contributed by atoms with van der Waals surface area (Å²) in [6.45, 7) is 3.41. The number of nitrogen functional groups attached to an aromatic ring is 1. The zero-order chi connectivity index (χ0) is 14.9. The first-order valence-corrected chi connectivity index (χ1v) is 8.64. The van der Waals surface area contributed by atoms with Crippen LogP contribution in [0.1, 0.15) is 12.0 Å². The van der Waals surface area contributed by atoms with E-state index >= 15 is 0 Å². The maximum absolute atomic E-state index is 12.7. The van der Waals surface area contributed by atoms with Crippen molar-refractivity contribution in [3.05, 3.63) is 22.2 Å². The molecule has 7 heteroatoms. The number of aryl methyl sites for hydroxylation is 1. The number of hydrogen-bond donors (Lipinski definition) is 1. The lowest BCUT2D eigenvalue weighted by atomic mass is 10.1. The van der Waals surface area contributed by atoms with E-state index in [2.05, 4.69) is 15.9 Å². The van der Waals surface area contributed by atoms with Crippen molar-refractivity contribution in [3.63, 3.8) is 0 Å². The average Bonchev–Trinajstić information content (AvgIpc) is 2.83. The Hall–Kier alpha value is -0.630. The summed E-state index contributed by atoms with van der Waals surface area (Å²) in [4.78, 5) is 0.288. The molecule has 2 rings (SSSR count). The molecule has 1 saturated heterocycles. The van der Waals surface area contributed by atoms with Gasteiger partial charge in [-0.1, -0.05) is 0 Å². The zero-order valence-corrected chi connectivity index (χ0v) is 14.0. The number of methoxy groups -OCH3 is 1. The normalized spacial score (nSPS) is 20.4. The molecule has 0 aromatic heterocycles. The Labute approximate surface area is 128 Å². The highest BCUT2D eigenvalue weighted by molar-refractivity contribution is 9.10. The molecule has 1 heterocycles. The highest BCUT2D eigenvalue weighted by Gasteiger charge is 2.33. The van der Waals surface area contributed by atoms with Gasteiger partial charge in [-0.15, -0.1) is 0 Å². The van der Waals surface area contributed by atoms with Crippen molar-refractivity contribution < 1.29 is 13.2 Å². The fourth-order valence-corrected chi connectivity index (χ4v) is 4.70. The zero-order valence-electron chi connectivity index (χ0n) is 11.6. The van der Waals surface area contributed by atoms with Crippen molar-refractivity contribution in [2.45, 2.75) is 18.2 Å². The Morgan fingerprint density at radius 2 is 2.20 bits per heavy atom. The molecule has 1 atom stereocenters. The van der Waals surface area contributed by atoms with Crippen LogP contribution < -0.4 is 5.73 Å². The summed E-state index contributed by atoms with van der Waals surface area (Å²) >= 11 is 3.31. The Morgan fingerprint density at radius 3 is 2.85 bits per heavy atom. The molecule has 0 amide bonds. The maximum Gasteiger partial charge on any atom is 0.243 e. The van der Waals surface area contributed by atoms with E-state index in [0.717, 1.165) is 6.42 Å². The van der Waals surface area contributed by atoms with Gasteiger partial charge >= 0.3 is 0 Å². The number of hydrogen-bond acceptors (Lipinski definition) is 4. The highest BCUT2D eigenvalue weighted by atomic mass is 79.9. The van der Waals surface area contributed by atoms with Crippen molar-refractivity contribution in [2.24, 2.45) is 5.92 Å². The SMILES string of the molecule is COCC1CCN(S(=O)(=O)c2cc(N)c(Br)cc2C)C1. The molecule has 1 fully saturated rings. The molecule has 1 aromatic carbocycles. The van der Waals surface area contributed by atoms with Crippen molar-refractivity contribution in [1.82, 2.24) is 4.31 Å². The summed E-state index contributed by atoms with van der Waals surface area (Å²) in [5.74, 6) is 0.267. The van der Waals surface area contributed by atoms with Gasteiger partial charge in [0.15, 0.2) is 0 Å². The summed E-state index contributed by atoms with van der Waals surface area (Å²) in [5, 5.41) is 0. The minimum absolute atomic E-state index is 0.267. The number of anilines is 1. The van der Waals surface area contributed by atoms with Crippen molar-refractivity contribution in [2.75, 3.05) is 32.5 Å². The van der Waals surface area contributed by atoms with E-state index in [1.54, 1.807) is 20.1 Å². The first-order valence-electron chi connectivity index (χ1n) is 6.41. The fourth-order valence-electron chi connectivity index (χ4n) is 2.47. The summed E-state index contributed by atoms with van der Waals surface area (Å²) in [5.41, 5.74) is 6.94. The van der Waals surface area contributed by atoms with Gasteiger partial charge in [-0.3, -0.25) is 0 Å². The van der Waals surface area contributed by atoms with Crippen LogP contribution >= 0.6 is 15.9 Å². The van der Waals surface area contributed by atoms with E-state index in [0.29, 0.717) is 35.4 Å². The standard InChI is InChI=1S/C13H19BrN2O3S/c1-9-5-11(14)12(15)6-13(9)20(17,18)16-4-3-10(7-16)8-19-2/h5-6,10H,3-4,7-8,15H2,1-2H3. The van der Waals surface area contributed by atoms with E-state index in [1.807, 2.05) is 0 Å². The number of nitrogens with two attached hydrogens (primary N) is 1. The summed E-state index contributed by atoms with van der Waals surface area (Å²) in [6, 6.07) is 3.27. The van der Waals surface area contributed by atoms with Gasteiger partial charge < -0.3 is 10.5 Å². The third-order valence-electron chi connectivity index (χ3n) is 3.56. The van der Waals surface area contributed by atoms with Gasteiger partial charge in [-0.25, -0.2) is 8.42 Å². The average molecular weight is 363 g/mol. The number of sulfonamides is 1. The number of benzene rings is 1. The van der Waals surface area contributed by atoms with E-state index in [1.165, 1.54) is 10.4 Å². The van der Waals surface area contributed by atoms with Crippen LogP contribution in [-0.4, -0.2) is 39.5 Å². The third kappa shape index (κ3) is 3.00. The van der Waals surface area contributed by atoms with Crippen molar-refractivity contribution in [3.8, 4) is 0 Å². The predicted octanol–water partition coefficient (Wildman–Crippen LogP) is 2.00. The maximum atomic E-state index is 12.7. The van der Waals surface area contributed by atoms with Crippen molar-refractivity contribution >= 4 is 31.6 Å². The van der Waals surface area contributed by atoms with Gasteiger partial charge in [0.05, 0.1) is 11.5 Å². The number of nitrogens with zero attached hydrogens (tertiary/aromatic N) is 1. The fraction of sp³-hybridized carbons (Fsp3) is 0.538. The topological polar surface area (TPSA) is 72.6 Å².